The van der Waals surface area contributed by atoms with Gasteiger partial charge in [0, 0.05) is 24.7 Å². The first-order valence-corrected chi connectivity index (χ1v) is 7.08. The highest BCUT2D eigenvalue weighted by Crippen LogP contribution is 2.29. The Balaban J connectivity index is 2.04. The van der Waals surface area contributed by atoms with Crippen molar-refractivity contribution in [3.63, 3.8) is 0 Å². The number of rotatable bonds is 2. The number of carbonyl (C=O) groups excluding carboxylic acids is 1. The predicted octanol–water partition coefficient (Wildman–Crippen LogP) is 2.40. The van der Waals surface area contributed by atoms with Crippen LogP contribution < -0.4 is 10.5 Å². The second kappa shape index (κ2) is 5.79. The van der Waals surface area contributed by atoms with Crippen molar-refractivity contribution >= 4 is 11.8 Å². The van der Waals surface area contributed by atoms with Gasteiger partial charge >= 0.3 is 6.09 Å². The zero-order valence-corrected chi connectivity index (χ0v) is 13.0. The number of aromatic nitrogens is 1. The first-order valence-electron chi connectivity index (χ1n) is 7.08. The number of anilines is 1. The van der Waals surface area contributed by atoms with E-state index in [-0.39, 0.29) is 12.0 Å². The summed E-state index contributed by atoms with van der Waals surface area (Å²) in [6.07, 6.45) is 0.590. The van der Waals surface area contributed by atoms with Gasteiger partial charge in [-0.2, -0.15) is 0 Å². The van der Waals surface area contributed by atoms with Gasteiger partial charge in [0.05, 0.1) is 12.8 Å². The maximum Gasteiger partial charge on any atom is 0.410 e. The van der Waals surface area contributed by atoms with E-state index < -0.39 is 5.60 Å². The number of pyridine rings is 1. The molecule has 2 heterocycles. The third-order valence-corrected chi connectivity index (χ3v) is 3.36. The number of hydrogen-bond acceptors (Lipinski definition) is 5. The minimum absolute atomic E-state index is 0.187. The first kappa shape index (κ1) is 15.4. The number of likely N-dealkylation sites (tertiary alicyclic amines) is 1. The number of nitrogens with two attached hydrogens (primary N) is 1. The number of carbonyl (C=O) groups is 1. The summed E-state index contributed by atoms with van der Waals surface area (Å²) in [7, 11) is 1.55. The Labute approximate surface area is 125 Å². The number of nitrogens with zero attached hydrogens (tertiary/aromatic N) is 2. The van der Waals surface area contributed by atoms with Crippen LogP contribution in [0.25, 0.3) is 0 Å². The van der Waals surface area contributed by atoms with Crippen molar-refractivity contribution in [3.8, 4) is 5.88 Å². The normalized spacial score (nSPS) is 18.7. The molecular weight excluding hydrogens is 270 g/mol. The Bertz CT molecular complexity index is 525. The number of amides is 1. The lowest BCUT2D eigenvalue weighted by Crippen LogP contribution is -2.35. The van der Waals surface area contributed by atoms with Crippen molar-refractivity contribution in [3.05, 3.63) is 17.8 Å². The fraction of sp³-hybridized carbons (Fsp3) is 0.600. The molecule has 0 unspecified atom stereocenters. The predicted molar refractivity (Wildman–Crippen MR) is 80.4 cm³/mol. The van der Waals surface area contributed by atoms with Crippen molar-refractivity contribution in [1.82, 2.24) is 9.88 Å². The zero-order chi connectivity index (χ0) is 15.6. The van der Waals surface area contributed by atoms with E-state index in [1.54, 1.807) is 18.1 Å². The van der Waals surface area contributed by atoms with Crippen LogP contribution in [-0.2, 0) is 4.74 Å². The molecule has 116 valence electrons. The Kier molecular flexibility index (Phi) is 4.25. The van der Waals surface area contributed by atoms with E-state index in [9.17, 15) is 4.79 Å². The maximum absolute atomic E-state index is 12.1. The largest absolute Gasteiger partial charge is 0.480 e. The van der Waals surface area contributed by atoms with Gasteiger partial charge in [-0.1, -0.05) is 0 Å². The van der Waals surface area contributed by atoms with Gasteiger partial charge in [-0.3, -0.25) is 0 Å². The van der Waals surface area contributed by atoms with Gasteiger partial charge < -0.3 is 20.1 Å². The van der Waals surface area contributed by atoms with E-state index >= 15 is 0 Å². The van der Waals surface area contributed by atoms with Crippen LogP contribution in [0.1, 0.15) is 38.8 Å². The molecule has 1 aromatic heterocycles. The minimum atomic E-state index is -0.474. The van der Waals surface area contributed by atoms with Crippen molar-refractivity contribution in [1.29, 1.82) is 0 Å². The van der Waals surface area contributed by atoms with E-state index in [1.165, 1.54) is 0 Å². The molecule has 2 rings (SSSR count). The van der Waals surface area contributed by atoms with Gasteiger partial charge in [0.1, 0.15) is 5.60 Å². The second-order valence-electron chi connectivity index (χ2n) is 6.25. The van der Waals surface area contributed by atoms with Crippen LogP contribution in [0.3, 0.4) is 0 Å². The second-order valence-corrected chi connectivity index (χ2v) is 6.25. The molecule has 21 heavy (non-hydrogen) atoms. The number of nitrogen functional groups attached to an aromatic ring is 1. The molecule has 0 aromatic carbocycles. The SMILES string of the molecule is COc1nc([C@H]2CCN(C(=O)OC(C)(C)C)C2)ccc1N. The topological polar surface area (TPSA) is 77.7 Å². The fourth-order valence-electron chi connectivity index (χ4n) is 2.35. The maximum atomic E-state index is 12.1. The zero-order valence-electron chi connectivity index (χ0n) is 13.0. The highest BCUT2D eigenvalue weighted by molar-refractivity contribution is 5.68. The molecule has 0 saturated carbocycles. The Morgan fingerprint density at radius 1 is 1.43 bits per heavy atom. The van der Waals surface area contributed by atoms with Gasteiger partial charge in [-0.05, 0) is 39.3 Å². The molecule has 0 radical (unpaired) electrons. The number of hydrogen-bond donors (Lipinski definition) is 1. The van der Waals surface area contributed by atoms with Crippen LogP contribution in [-0.4, -0.2) is 41.8 Å². The molecule has 0 bridgehead atoms. The molecule has 1 amide bonds. The third-order valence-electron chi connectivity index (χ3n) is 3.36. The molecule has 6 nitrogen and oxygen atoms in total. The van der Waals surface area contributed by atoms with Gasteiger partial charge in [-0.25, -0.2) is 9.78 Å². The molecule has 1 fully saturated rings. The van der Waals surface area contributed by atoms with E-state index in [0.717, 1.165) is 12.1 Å². The highest BCUT2D eigenvalue weighted by Gasteiger charge is 2.31. The fourth-order valence-corrected chi connectivity index (χ4v) is 2.35. The van der Waals surface area contributed by atoms with Crippen molar-refractivity contribution in [2.24, 2.45) is 0 Å². The summed E-state index contributed by atoms with van der Waals surface area (Å²) < 4.78 is 10.5. The smallest absolute Gasteiger partial charge is 0.410 e. The van der Waals surface area contributed by atoms with Crippen LogP contribution in [0.5, 0.6) is 5.88 Å². The minimum Gasteiger partial charge on any atom is -0.480 e. The lowest BCUT2D eigenvalue weighted by molar-refractivity contribution is 0.0292. The molecule has 1 aliphatic heterocycles. The Morgan fingerprint density at radius 2 is 2.14 bits per heavy atom. The summed E-state index contributed by atoms with van der Waals surface area (Å²) in [6.45, 7) is 6.88. The third kappa shape index (κ3) is 3.77. The standard InChI is InChI=1S/C15H23N3O3/c1-15(2,3)21-14(19)18-8-7-10(9-18)12-6-5-11(16)13(17-12)20-4/h5-6,10H,7-9,16H2,1-4H3/t10-/m0/s1. The van der Waals surface area contributed by atoms with Gasteiger partial charge in [0.2, 0.25) is 5.88 Å². The van der Waals surface area contributed by atoms with Gasteiger partial charge in [-0.15, -0.1) is 0 Å². The molecule has 2 N–H and O–H groups in total. The lowest BCUT2D eigenvalue weighted by Gasteiger charge is -2.24. The average Bonchev–Trinajstić information content (AvgIpc) is 2.87. The molecule has 1 saturated heterocycles. The molecule has 1 atom stereocenters. The average molecular weight is 293 g/mol. The van der Waals surface area contributed by atoms with Crippen molar-refractivity contribution < 1.29 is 14.3 Å². The molecular formula is C15H23N3O3. The van der Waals surface area contributed by atoms with E-state index in [1.807, 2.05) is 26.8 Å². The monoisotopic (exact) mass is 293 g/mol. The lowest BCUT2D eigenvalue weighted by atomic mass is 10.0. The first-order chi connectivity index (χ1) is 9.80. The quantitative estimate of drug-likeness (QED) is 0.906. The summed E-state index contributed by atoms with van der Waals surface area (Å²) in [5.41, 5.74) is 6.71. The van der Waals surface area contributed by atoms with Crippen molar-refractivity contribution in [2.45, 2.75) is 38.7 Å². The van der Waals surface area contributed by atoms with Crippen LogP contribution in [0.2, 0.25) is 0 Å². The Hall–Kier alpha value is -1.98. The molecule has 0 aliphatic carbocycles. The summed E-state index contributed by atoms with van der Waals surface area (Å²) >= 11 is 0. The van der Waals surface area contributed by atoms with Crippen LogP contribution in [0.15, 0.2) is 12.1 Å². The summed E-state index contributed by atoms with van der Waals surface area (Å²) in [6, 6.07) is 3.68. The van der Waals surface area contributed by atoms with Crippen LogP contribution in [0.4, 0.5) is 10.5 Å². The summed E-state index contributed by atoms with van der Waals surface area (Å²) in [4.78, 5) is 18.2. The molecule has 1 aromatic rings. The van der Waals surface area contributed by atoms with E-state index in [2.05, 4.69) is 4.98 Å². The van der Waals surface area contributed by atoms with Gasteiger partial charge in [0.25, 0.3) is 0 Å². The highest BCUT2D eigenvalue weighted by atomic mass is 16.6. The molecule has 0 spiro atoms. The van der Waals surface area contributed by atoms with E-state index in [0.29, 0.717) is 24.7 Å². The molecule has 6 heteroatoms. The summed E-state index contributed by atoms with van der Waals surface area (Å²) in [5, 5.41) is 0. The van der Waals surface area contributed by atoms with Gasteiger partial charge in [0.15, 0.2) is 0 Å². The van der Waals surface area contributed by atoms with E-state index in [4.69, 9.17) is 15.2 Å². The Morgan fingerprint density at radius 3 is 2.76 bits per heavy atom. The summed E-state index contributed by atoms with van der Waals surface area (Å²) in [5.74, 6) is 0.621. The molecule has 1 aliphatic rings. The number of methoxy groups -OCH3 is 1. The van der Waals surface area contributed by atoms with Crippen molar-refractivity contribution in [2.75, 3.05) is 25.9 Å². The number of ether oxygens (including phenoxy) is 2. The van der Waals surface area contributed by atoms with Crippen LogP contribution in [0, 0.1) is 0 Å². The van der Waals surface area contributed by atoms with Crippen LogP contribution >= 0.6 is 0 Å².